The van der Waals surface area contributed by atoms with Crippen LogP contribution in [0, 0.1) is 23.2 Å². The summed E-state index contributed by atoms with van der Waals surface area (Å²) in [4.78, 5) is 19.7. The van der Waals surface area contributed by atoms with Gasteiger partial charge in [-0.3, -0.25) is 4.79 Å². The van der Waals surface area contributed by atoms with Crippen molar-refractivity contribution < 1.29 is 14.1 Å². The lowest BCUT2D eigenvalue weighted by molar-refractivity contribution is -0.157. The Bertz CT molecular complexity index is 838. The summed E-state index contributed by atoms with van der Waals surface area (Å²) in [5, 5.41) is 4.08. The normalized spacial score (nSPS) is 30.4. The van der Waals surface area contributed by atoms with E-state index in [0.29, 0.717) is 18.3 Å². The molecule has 4 bridgehead atoms. The van der Waals surface area contributed by atoms with E-state index >= 15 is 0 Å². The van der Waals surface area contributed by atoms with Gasteiger partial charge >= 0.3 is 0 Å². The number of ether oxygens (including phenoxy) is 1. The van der Waals surface area contributed by atoms with Crippen molar-refractivity contribution in [1.29, 1.82) is 0 Å². The Morgan fingerprint density at radius 3 is 2.32 bits per heavy atom. The highest BCUT2D eigenvalue weighted by atomic mass is 16.5. The van der Waals surface area contributed by atoms with E-state index in [1.54, 1.807) is 12.0 Å². The van der Waals surface area contributed by atoms with Gasteiger partial charge in [-0.1, -0.05) is 5.16 Å². The molecule has 1 amide bonds. The van der Waals surface area contributed by atoms with Crippen LogP contribution in [-0.4, -0.2) is 35.1 Å². The van der Waals surface area contributed by atoms with Crippen LogP contribution < -0.4 is 4.74 Å². The molecule has 2 aromatic rings. The van der Waals surface area contributed by atoms with Crippen LogP contribution in [0.5, 0.6) is 5.75 Å². The lowest BCUT2D eigenvalue weighted by Crippen LogP contribution is -2.53. The number of nitrogens with zero attached hydrogens (tertiary/aromatic N) is 3. The fourth-order valence-corrected chi connectivity index (χ4v) is 6.23. The molecule has 1 heterocycles. The number of benzene rings is 1. The summed E-state index contributed by atoms with van der Waals surface area (Å²) in [7, 11) is 3.51. The Morgan fingerprint density at radius 1 is 1.14 bits per heavy atom. The summed E-state index contributed by atoms with van der Waals surface area (Å²) in [5.41, 5.74) is 0.730. The maximum Gasteiger partial charge on any atom is 0.246 e. The van der Waals surface area contributed by atoms with Crippen molar-refractivity contribution in [1.82, 2.24) is 15.0 Å². The zero-order valence-electron chi connectivity index (χ0n) is 16.6. The average Bonchev–Trinajstić information content (AvgIpc) is 3.15. The Balaban J connectivity index is 1.28. The predicted molar refractivity (Wildman–Crippen MR) is 103 cm³/mol. The molecular formula is C22H27N3O3. The van der Waals surface area contributed by atoms with Crippen LogP contribution in [0.1, 0.15) is 44.4 Å². The van der Waals surface area contributed by atoms with E-state index in [-0.39, 0.29) is 11.3 Å². The molecule has 4 saturated carbocycles. The molecule has 0 spiro atoms. The van der Waals surface area contributed by atoms with Gasteiger partial charge in [0.05, 0.1) is 19.1 Å². The highest BCUT2D eigenvalue weighted by Crippen LogP contribution is 2.60. The van der Waals surface area contributed by atoms with E-state index in [0.717, 1.165) is 48.3 Å². The van der Waals surface area contributed by atoms with Crippen molar-refractivity contribution in [3.8, 4) is 17.1 Å². The zero-order valence-corrected chi connectivity index (χ0v) is 16.6. The molecule has 6 heteroatoms. The van der Waals surface area contributed by atoms with Crippen LogP contribution >= 0.6 is 0 Å². The predicted octanol–water partition coefficient (Wildman–Crippen LogP) is 3.92. The number of carbonyl (C=O) groups excluding carboxylic acids is 1. The molecule has 1 aromatic carbocycles. The number of aromatic nitrogens is 2. The molecule has 0 atom stereocenters. The maximum absolute atomic E-state index is 13.4. The summed E-state index contributed by atoms with van der Waals surface area (Å²) in [6.07, 6.45) is 7.23. The summed E-state index contributed by atoms with van der Waals surface area (Å²) in [6.45, 7) is 0.365. The van der Waals surface area contributed by atoms with E-state index in [9.17, 15) is 4.79 Å². The first kappa shape index (κ1) is 17.7. The van der Waals surface area contributed by atoms with Gasteiger partial charge in [-0.2, -0.15) is 4.98 Å². The topological polar surface area (TPSA) is 68.5 Å². The molecule has 6 nitrogen and oxygen atoms in total. The number of carbonyl (C=O) groups is 1. The zero-order chi connectivity index (χ0) is 19.3. The van der Waals surface area contributed by atoms with Gasteiger partial charge in [0.25, 0.3) is 0 Å². The third kappa shape index (κ3) is 2.99. The number of hydrogen-bond acceptors (Lipinski definition) is 5. The lowest BCUT2D eigenvalue weighted by Gasteiger charge is -2.56. The smallest absolute Gasteiger partial charge is 0.246 e. The first-order valence-corrected chi connectivity index (χ1v) is 10.3. The van der Waals surface area contributed by atoms with E-state index in [2.05, 4.69) is 10.1 Å². The molecule has 148 valence electrons. The number of amides is 1. The summed E-state index contributed by atoms with van der Waals surface area (Å²) < 4.78 is 10.6. The van der Waals surface area contributed by atoms with Crippen molar-refractivity contribution in [2.45, 2.75) is 45.1 Å². The van der Waals surface area contributed by atoms with Crippen molar-refractivity contribution in [2.24, 2.45) is 23.2 Å². The third-order valence-corrected chi connectivity index (χ3v) is 7.03. The van der Waals surface area contributed by atoms with Gasteiger partial charge in [-0.25, -0.2) is 0 Å². The Labute approximate surface area is 165 Å². The van der Waals surface area contributed by atoms with Gasteiger partial charge < -0.3 is 14.2 Å². The highest BCUT2D eigenvalue weighted by molar-refractivity contribution is 5.83. The van der Waals surface area contributed by atoms with Crippen LogP contribution in [0.15, 0.2) is 28.8 Å². The van der Waals surface area contributed by atoms with Gasteiger partial charge in [-0.15, -0.1) is 0 Å². The number of rotatable bonds is 5. The molecule has 28 heavy (non-hydrogen) atoms. The molecule has 0 saturated heterocycles. The molecule has 0 N–H and O–H groups in total. The molecule has 4 aliphatic rings. The van der Waals surface area contributed by atoms with Crippen molar-refractivity contribution in [3.05, 3.63) is 30.2 Å². The molecule has 4 fully saturated rings. The molecule has 0 aliphatic heterocycles. The Morgan fingerprint density at radius 2 is 1.75 bits per heavy atom. The molecule has 0 radical (unpaired) electrons. The molecule has 4 aliphatic carbocycles. The standard InChI is InChI=1S/C22H27N3O3/c1-25(21(26)22-10-14-7-15(11-22)9-16(8-14)12-22)13-19-23-20(24-28-19)17-3-5-18(27-2)6-4-17/h3-6,14-16H,7-13H2,1-2H3. The van der Waals surface area contributed by atoms with E-state index in [1.165, 1.54) is 19.3 Å². The van der Waals surface area contributed by atoms with Crippen LogP contribution in [0.3, 0.4) is 0 Å². The first-order valence-electron chi connectivity index (χ1n) is 10.3. The van der Waals surface area contributed by atoms with Crippen molar-refractivity contribution in [3.63, 3.8) is 0 Å². The van der Waals surface area contributed by atoms with Gasteiger partial charge in [-0.05, 0) is 80.5 Å². The second-order valence-electron chi connectivity index (χ2n) is 9.10. The maximum atomic E-state index is 13.4. The molecule has 1 aromatic heterocycles. The highest BCUT2D eigenvalue weighted by Gasteiger charge is 2.55. The average molecular weight is 381 g/mol. The van der Waals surface area contributed by atoms with Crippen LogP contribution in [-0.2, 0) is 11.3 Å². The number of hydrogen-bond donors (Lipinski definition) is 0. The minimum absolute atomic E-state index is 0.137. The van der Waals surface area contributed by atoms with Gasteiger partial charge in [0.1, 0.15) is 5.75 Å². The van der Waals surface area contributed by atoms with Crippen LogP contribution in [0.4, 0.5) is 0 Å². The second-order valence-corrected chi connectivity index (χ2v) is 9.10. The molecule has 0 unspecified atom stereocenters. The van der Waals surface area contributed by atoms with Gasteiger partial charge in [0.2, 0.25) is 17.6 Å². The minimum atomic E-state index is -0.137. The van der Waals surface area contributed by atoms with Gasteiger partial charge in [0.15, 0.2) is 0 Å². The van der Waals surface area contributed by atoms with E-state index in [1.807, 2.05) is 31.3 Å². The summed E-state index contributed by atoms with van der Waals surface area (Å²) in [5.74, 6) is 4.35. The van der Waals surface area contributed by atoms with Crippen LogP contribution in [0.2, 0.25) is 0 Å². The Hall–Kier alpha value is -2.37. The van der Waals surface area contributed by atoms with Crippen LogP contribution in [0.25, 0.3) is 11.4 Å². The quantitative estimate of drug-likeness (QED) is 0.785. The van der Waals surface area contributed by atoms with E-state index in [4.69, 9.17) is 9.26 Å². The lowest BCUT2D eigenvalue weighted by atomic mass is 9.49. The minimum Gasteiger partial charge on any atom is -0.497 e. The SMILES string of the molecule is COc1ccc(-c2noc(CN(C)C(=O)C34CC5CC(CC(C5)C3)C4)n2)cc1. The summed E-state index contributed by atoms with van der Waals surface area (Å²) >= 11 is 0. The Kier molecular flexibility index (Phi) is 4.18. The van der Waals surface area contributed by atoms with Crippen molar-refractivity contribution in [2.75, 3.05) is 14.2 Å². The largest absolute Gasteiger partial charge is 0.497 e. The number of methoxy groups -OCH3 is 1. The fraction of sp³-hybridized carbons (Fsp3) is 0.591. The monoisotopic (exact) mass is 381 g/mol. The second kappa shape index (κ2) is 6.61. The molecule has 6 rings (SSSR count). The van der Waals surface area contributed by atoms with E-state index < -0.39 is 0 Å². The first-order chi connectivity index (χ1) is 13.5. The van der Waals surface area contributed by atoms with Crippen molar-refractivity contribution >= 4 is 5.91 Å². The molecular weight excluding hydrogens is 354 g/mol. The van der Waals surface area contributed by atoms with Gasteiger partial charge in [0, 0.05) is 12.6 Å². The third-order valence-electron chi connectivity index (χ3n) is 7.03. The fourth-order valence-electron chi connectivity index (χ4n) is 6.23. The summed E-state index contributed by atoms with van der Waals surface area (Å²) in [6, 6.07) is 7.54.